The molecule has 0 bridgehead atoms. The van der Waals surface area contributed by atoms with Gasteiger partial charge in [0, 0.05) is 21.5 Å². The zero-order chi connectivity index (χ0) is 22.5. The second-order valence-electron chi connectivity index (χ2n) is 6.72. The number of thiophene rings is 2. The Kier molecular flexibility index (Phi) is 10.6. The number of carbonyl (C=O) groups excluding carboxylic acids is 2. The van der Waals surface area contributed by atoms with Gasteiger partial charge in [-0.05, 0) is 47.7 Å². The van der Waals surface area contributed by atoms with Gasteiger partial charge >= 0.3 is 51.4 Å². The van der Waals surface area contributed by atoms with Gasteiger partial charge in [-0.25, -0.2) is 6.57 Å². The van der Waals surface area contributed by atoms with E-state index in [-0.39, 0.29) is 75.2 Å². The molecule has 2 aromatic heterocycles. The van der Waals surface area contributed by atoms with Crippen LogP contribution in [0.3, 0.4) is 0 Å². The van der Waals surface area contributed by atoms with E-state index in [0.717, 1.165) is 21.4 Å². The molecule has 0 spiro atoms. The Morgan fingerprint density at radius 3 is 2.47 bits per heavy atom. The molecule has 0 amide bonds. The van der Waals surface area contributed by atoms with Crippen LogP contribution in [0.15, 0.2) is 51.2 Å². The fourth-order valence-corrected chi connectivity index (χ4v) is 5.06. The van der Waals surface area contributed by atoms with Crippen LogP contribution < -0.4 is 56.5 Å². The standard InChI is InChI=1S/C23H19BrN2O3S2.K/c1-4-17(25-3)22(29)20-10-9-19(31-20)18(27)11-26-13(2)16-12-30-23(21(16)28)14-5-7-15(24)8-6-14;/h5-10,12,17,28H,4,11H2,1-2H3;/q;+1/p-1. The van der Waals surface area contributed by atoms with Gasteiger partial charge in [0.25, 0.3) is 11.8 Å². The molecule has 5 nitrogen and oxygen atoms in total. The molecule has 9 heteroatoms. The Bertz CT molecular complexity index is 1190. The molecule has 2 heterocycles. The summed E-state index contributed by atoms with van der Waals surface area (Å²) in [7, 11) is 0. The van der Waals surface area contributed by atoms with E-state index in [1.807, 2.05) is 24.3 Å². The van der Waals surface area contributed by atoms with Crippen molar-refractivity contribution in [2.24, 2.45) is 4.99 Å². The third-order valence-electron chi connectivity index (χ3n) is 4.67. The van der Waals surface area contributed by atoms with Crippen LogP contribution in [0.4, 0.5) is 0 Å². The topological polar surface area (TPSA) is 73.9 Å². The molecule has 1 aromatic carbocycles. The number of aliphatic imine (C=N–C) groups is 1. The van der Waals surface area contributed by atoms with Crippen LogP contribution in [-0.2, 0) is 0 Å². The van der Waals surface area contributed by atoms with E-state index in [2.05, 4.69) is 25.8 Å². The number of nitrogens with zero attached hydrogens (tertiary/aromatic N) is 2. The van der Waals surface area contributed by atoms with Crippen LogP contribution >= 0.6 is 38.6 Å². The molecular weight excluding hydrogens is 535 g/mol. The molecule has 32 heavy (non-hydrogen) atoms. The molecule has 0 N–H and O–H groups in total. The number of hydrogen-bond donors (Lipinski definition) is 0. The van der Waals surface area contributed by atoms with Crippen molar-refractivity contribution in [2.45, 2.75) is 26.3 Å². The maximum atomic E-state index is 12.8. The second kappa shape index (κ2) is 12.5. The van der Waals surface area contributed by atoms with Crippen molar-refractivity contribution in [3.05, 3.63) is 73.0 Å². The van der Waals surface area contributed by atoms with E-state index in [1.54, 1.807) is 31.4 Å². The summed E-state index contributed by atoms with van der Waals surface area (Å²) >= 11 is 5.83. The molecule has 0 aliphatic carbocycles. The van der Waals surface area contributed by atoms with E-state index in [1.165, 1.54) is 11.3 Å². The molecule has 158 valence electrons. The Morgan fingerprint density at radius 2 is 1.84 bits per heavy atom. The van der Waals surface area contributed by atoms with Gasteiger partial charge in [0.2, 0.25) is 0 Å². The van der Waals surface area contributed by atoms with E-state index >= 15 is 0 Å². The van der Waals surface area contributed by atoms with Crippen LogP contribution in [0.1, 0.15) is 45.2 Å². The molecule has 0 saturated heterocycles. The zero-order valence-electron chi connectivity index (χ0n) is 17.8. The fraction of sp³-hybridized carbons (Fsp3) is 0.217. The van der Waals surface area contributed by atoms with Gasteiger partial charge in [-0.1, -0.05) is 40.7 Å². The van der Waals surface area contributed by atoms with Crippen molar-refractivity contribution in [3.8, 4) is 16.2 Å². The Labute approximate surface area is 246 Å². The quantitative estimate of drug-likeness (QED) is 0.186. The fourth-order valence-electron chi connectivity index (χ4n) is 2.87. The number of Topliss-reactive ketones (excluding diaryl/α,β-unsaturated/α-hetero) is 2. The first-order valence-electron chi connectivity index (χ1n) is 9.45. The minimum Gasteiger partial charge on any atom is -0.871 e. The largest absolute Gasteiger partial charge is 1.00 e. The summed E-state index contributed by atoms with van der Waals surface area (Å²) in [6.07, 6.45) is 0.438. The molecule has 0 saturated carbocycles. The van der Waals surface area contributed by atoms with Crippen LogP contribution in [0.25, 0.3) is 15.3 Å². The average molecular weight is 554 g/mol. The van der Waals surface area contributed by atoms with Crippen molar-refractivity contribution < 1.29 is 66.1 Å². The third-order valence-corrected chi connectivity index (χ3v) is 7.35. The van der Waals surface area contributed by atoms with E-state index in [0.29, 0.717) is 32.3 Å². The van der Waals surface area contributed by atoms with Gasteiger partial charge < -0.3 is 9.95 Å². The first-order valence-corrected chi connectivity index (χ1v) is 11.9. The number of hydrogen-bond acceptors (Lipinski definition) is 6. The van der Waals surface area contributed by atoms with Crippen molar-refractivity contribution >= 4 is 55.9 Å². The Hall–Kier alpha value is -0.964. The third kappa shape index (κ3) is 6.33. The molecule has 1 unspecified atom stereocenters. The molecular formula is C23H18BrKN2O3S2. The second-order valence-corrected chi connectivity index (χ2v) is 9.60. The summed E-state index contributed by atoms with van der Waals surface area (Å²) in [5.41, 5.74) is 1.83. The maximum Gasteiger partial charge on any atom is 1.00 e. The molecule has 3 aromatic rings. The molecule has 3 rings (SSSR count). The van der Waals surface area contributed by atoms with Gasteiger partial charge in [-0.2, -0.15) is 0 Å². The van der Waals surface area contributed by atoms with Gasteiger partial charge in [0.1, 0.15) is 6.54 Å². The number of carbonyl (C=O) groups is 2. The normalized spacial score (nSPS) is 12.0. The maximum absolute atomic E-state index is 12.8. The van der Waals surface area contributed by atoms with Crippen molar-refractivity contribution in [1.82, 2.24) is 0 Å². The number of rotatable bonds is 8. The van der Waals surface area contributed by atoms with Gasteiger partial charge in [0.05, 0.1) is 9.75 Å². The van der Waals surface area contributed by atoms with Crippen LogP contribution in [-0.4, -0.2) is 29.9 Å². The summed E-state index contributed by atoms with van der Waals surface area (Å²) in [6.45, 7) is 10.5. The first-order chi connectivity index (χ1) is 14.8. The predicted octanol–water partition coefficient (Wildman–Crippen LogP) is 2.89. The summed E-state index contributed by atoms with van der Waals surface area (Å²) in [6, 6.07) is 9.99. The first kappa shape index (κ1) is 27.3. The molecule has 0 aliphatic rings. The minimum absolute atomic E-state index is 0. The van der Waals surface area contributed by atoms with Crippen molar-refractivity contribution in [3.63, 3.8) is 0 Å². The van der Waals surface area contributed by atoms with Gasteiger partial charge in [-0.3, -0.25) is 14.6 Å². The van der Waals surface area contributed by atoms with Crippen molar-refractivity contribution in [2.75, 3.05) is 6.54 Å². The van der Waals surface area contributed by atoms with Crippen LogP contribution in [0.5, 0.6) is 5.75 Å². The van der Waals surface area contributed by atoms with Crippen LogP contribution in [0, 0.1) is 6.57 Å². The monoisotopic (exact) mass is 552 g/mol. The van der Waals surface area contributed by atoms with Crippen molar-refractivity contribution in [1.29, 1.82) is 0 Å². The van der Waals surface area contributed by atoms with E-state index in [9.17, 15) is 14.7 Å². The molecule has 0 fully saturated rings. The Morgan fingerprint density at radius 1 is 1.19 bits per heavy atom. The van der Waals surface area contributed by atoms with Gasteiger partial charge in [-0.15, -0.1) is 22.7 Å². The van der Waals surface area contributed by atoms with Gasteiger partial charge in [0.15, 0.2) is 5.78 Å². The SMILES string of the molecule is [C-]#[N+]C(CC)C(=O)c1ccc(C(=O)CN=C(C)c2csc(-c3ccc(Br)cc3)c2[O-])s1.[K+]. The molecule has 0 aliphatic heterocycles. The summed E-state index contributed by atoms with van der Waals surface area (Å²) < 4.78 is 0.939. The number of halogens is 1. The Balaban J connectivity index is 0.00000363. The smallest absolute Gasteiger partial charge is 0.871 e. The minimum atomic E-state index is -0.712. The molecule has 0 radical (unpaired) electrons. The summed E-state index contributed by atoms with van der Waals surface area (Å²) in [5, 5.41) is 14.5. The average Bonchev–Trinajstić information content (AvgIpc) is 3.40. The predicted molar refractivity (Wildman–Crippen MR) is 128 cm³/mol. The zero-order valence-corrected chi connectivity index (χ0v) is 24.2. The summed E-state index contributed by atoms with van der Waals surface area (Å²) in [4.78, 5) is 33.9. The van der Waals surface area contributed by atoms with E-state index < -0.39 is 6.04 Å². The van der Waals surface area contributed by atoms with E-state index in [4.69, 9.17) is 6.57 Å². The number of benzene rings is 1. The molecule has 1 atom stereocenters. The van der Waals surface area contributed by atoms with Crippen LogP contribution in [0.2, 0.25) is 0 Å². The number of ketones is 2. The summed E-state index contributed by atoms with van der Waals surface area (Å²) in [5.74, 6) is -0.583.